The highest BCUT2D eigenvalue weighted by atomic mass is 32.1. The average molecular weight is 234 g/mol. The van der Waals surface area contributed by atoms with Crippen LogP contribution in [0.25, 0.3) is 10.4 Å². The van der Waals surface area contributed by atoms with Gasteiger partial charge in [0, 0.05) is 18.6 Å². The maximum absolute atomic E-state index is 5.04. The Bertz CT molecular complexity index is 394. The van der Waals surface area contributed by atoms with Crippen molar-refractivity contribution in [2.45, 2.75) is 25.7 Å². The second-order valence-electron chi connectivity index (χ2n) is 4.10. The van der Waals surface area contributed by atoms with Gasteiger partial charge < -0.3 is 4.74 Å². The molecule has 0 aromatic heterocycles. The Morgan fingerprint density at radius 3 is 3.00 bits per heavy atom. The number of ether oxygens (including phenoxy) is 1. The number of rotatable bonds is 6. The van der Waals surface area contributed by atoms with E-state index in [9.17, 15) is 0 Å². The third-order valence-electron chi connectivity index (χ3n) is 2.80. The van der Waals surface area contributed by atoms with Crippen LogP contribution in [-0.2, 0) is 11.2 Å². The average Bonchev–Trinajstić information content (AvgIpc) is 2.76. The molecule has 1 aliphatic heterocycles. The smallest absolute Gasteiger partial charge is 0.0462 e. The first-order valence-corrected chi connectivity index (χ1v) is 6.73. The Hall–Kier alpha value is -0.860. The van der Waals surface area contributed by atoms with Crippen LogP contribution in [0.3, 0.4) is 0 Å². The number of fused-ring (bicyclic) bond motifs is 1. The monoisotopic (exact) mass is 234 g/mol. The summed E-state index contributed by atoms with van der Waals surface area (Å²) in [6.07, 6.45) is 4.90. The summed E-state index contributed by atoms with van der Waals surface area (Å²) in [5.41, 5.74) is 2.86. The molecule has 2 aliphatic rings. The van der Waals surface area contributed by atoms with Crippen molar-refractivity contribution in [2.75, 3.05) is 13.7 Å². The highest BCUT2D eigenvalue weighted by molar-refractivity contribution is 7.13. The standard InChI is InChI=1S/C14H18OS/c1-15-9-4-2-3-6-12-10-13-7-5-8-14(13)16-11-12/h5,7-8,10-11H,2-4,6,9H2,1H3. The summed E-state index contributed by atoms with van der Waals surface area (Å²) in [4.78, 5) is 1.39. The predicted molar refractivity (Wildman–Crippen MR) is 70.4 cm³/mol. The molecule has 0 aromatic carbocycles. The third-order valence-corrected chi connectivity index (χ3v) is 3.85. The molecule has 0 unspecified atom stereocenters. The molecule has 2 heteroatoms. The number of hydrogen-bond acceptors (Lipinski definition) is 2. The molecular weight excluding hydrogens is 216 g/mol. The molecule has 0 fully saturated rings. The lowest BCUT2D eigenvalue weighted by Crippen LogP contribution is -1.90. The maximum Gasteiger partial charge on any atom is 0.0462 e. The lowest BCUT2D eigenvalue weighted by atomic mass is 10.1. The zero-order valence-electron chi connectivity index (χ0n) is 9.74. The van der Waals surface area contributed by atoms with Crippen LogP contribution in [0.2, 0.25) is 0 Å². The zero-order valence-corrected chi connectivity index (χ0v) is 10.6. The van der Waals surface area contributed by atoms with E-state index in [4.69, 9.17) is 4.74 Å². The van der Waals surface area contributed by atoms with Gasteiger partial charge in [-0.2, -0.15) is 0 Å². The van der Waals surface area contributed by atoms with Crippen molar-refractivity contribution < 1.29 is 4.74 Å². The molecule has 1 nitrogen and oxygen atoms in total. The van der Waals surface area contributed by atoms with Gasteiger partial charge in [0.2, 0.25) is 0 Å². The summed E-state index contributed by atoms with van der Waals surface area (Å²) in [6.45, 7) is 0.893. The Kier molecular flexibility index (Phi) is 4.37. The van der Waals surface area contributed by atoms with Gasteiger partial charge in [-0.15, -0.1) is 11.3 Å². The van der Waals surface area contributed by atoms with Crippen LogP contribution in [0, 0.1) is 0 Å². The van der Waals surface area contributed by atoms with E-state index in [2.05, 4.69) is 29.6 Å². The molecule has 0 amide bonds. The second kappa shape index (κ2) is 6.02. The summed E-state index contributed by atoms with van der Waals surface area (Å²) in [7, 11) is 1.77. The van der Waals surface area contributed by atoms with Crippen molar-refractivity contribution in [3.63, 3.8) is 0 Å². The van der Waals surface area contributed by atoms with Gasteiger partial charge in [-0.25, -0.2) is 0 Å². The van der Waals surface area contributed by atoms with E-state index in [0.717, 1.165) is 6.61 Å². The molecule has 0 saturated heterocycles. The molecule has 1 heterocycles. The van der Waals surface area contributed by atoms with Crippen molar-refractivity contribution in [1.29, 1.82) is 0 Å². The third kappa shape index (κ3) is 3.06. The number of hydrogen-bond donors (Lipinski definition) is 0. The molecule has 0 aromatic rings. The van der Waals surface area contributed by atoms with Crippen molar-refractivity contribution in [3.8, 4) is 10.4 Å². The molecule has 0 spiro atoms. The van der Waals surface area contributed by atoms with Crippen LogP contribution in [-0.4, -0.2) is 13.7 Å². The minimum atomic E-state index is 0.893. The van der Waals surface area contributed by atoms with Crippen molar-refractivity contribution in [3.05, 3.63) is 35.2 Å². The summed E-state index contributed by atoms with van der Waals surface area (Å²) in [5, 5.41) is 2.29. The van der Waals surface area contributed by atoms with Crippen LogP contribution in [0.15, 0.2) is 29.6 Å². The summed E-state index contributed by atoms with van der Waals surface area (Å²) >= 11 is 1.85. The molecule has 1 aliphatic carbocycles. The Balaban J connectivity index is 1.83. The van der Waals surface area contributed by atoms with E-state index in [1.54, 1.807) is 7.11 Å². The van der Waals surface area contributed by atoms with E-state index in [1.807, 2.05) is 11.3 Å². The van der Waals surface area contributed by atoms with E-state index >= 15 is 0 Å². The number of aryl methyl sites for hydroxylation is 1. The predicted octanol–water partition coefficient (Wildman–Crippen LogP) is 4.21. The molecule has 16 heavy (non-hydrogen) atoms. The molecule has 0 N–H and O–H groups in total. The van der Waals surface area contributed by atoms with Gasteiger partial charge >= 0.3 is 0 Å². The first-order chi connectivity index (χ1) is 7.90. The fraction of sp³-hybridized carbons (Fsp3) is 0.429. The lowest BCUT2D eigenvalue weighted by Gasteiger charge is -2.04. The van der Waals surface area contributed by atoms with Crippen molar-refractivity contribution in [1.82, 2.24) is 0 Å². The van der Waals surface area contributed by atoms with E-state index in [0.29, 0.717) is 0 Å². The van der Waals surface area contributed by atoms with Gasteiger partial charge in [0.1, 0.15) is 0 Å². The van der Waals surface area contributed by atoms with Crippen LogP contribution in [0.1, 0.15) is 24.8 Å². The molecule has 0 atom stereocenters. The first kappa shape index (κ1) is 11.6. The lowest BCUT2D eigenvalue weighted by molar-refractivity contribution is 0.192. The quantitative estimate of drug-likeness (QED) is 0.680. The van der Waals surface area contributed by atoms with Crippen LogP contribution >= 0.6 is 11.3 Å². The summed E-state index contributed by atoms with van der Waals surface area (Å²) < 4.78 is 5.04. The normalized spacial score (nSPS) is 11.1. The fourth-order valence-corrected chi connectivity index (χ4v) is 2.78. The Morgan fingerprint density at radius 1 is 1.19 bits per heavy atom. The highest BCUT2D eigenvalue weighted by Gasteiger charge is 2.03. The number of methoxy groups -OCH3 is 1. The highest BCUT2D eigenvalue weighted by Crippen LogP contribution is 2.29. The van der Waals surface area contributed by atoms with E-state index in [1.165, 1.54) is 41.7 Å². The Labute approximate surface area is 101 Å². The van der Waals surface area contributed by atoms with E-state index in [-0.39, 0.29) is 0 Å². The van der Waals surface area contributed by atoms with Crippen molar-refractivity contribution >= 4 is 11.3 Å². The van der Waals surface area contributed by atoms with Gasteiger partial charge in [0.05, 0.1) is 0 Å². The molecule has 2 rings (SSSR count). The van der Waals surface area contributed by atoms with Gasteiger partial charge in [0.15, 0.2) is 0 Å². The molecule has 0 bridgehead atoms. The number of unbranched alkanes of at least 4 members (excludes halogenated alkanes) is 2. The second-order valence-corrected chi connectivity index (χ2v) is 5.02. The van der Waals surface area contributed by atoms with Gasteiger partial charge in [-0.1, -0.05) is 18.6 Å². The largest absolute Gasteiger partial charge is 0.385 e. The topological polar surface area (TPSA) is 9.23 Å². The maximum atomic E-state index is 5.04. The van der Waals surface area contributed by atoms with Crippen LogP contribution in [0.5, 0.6) is 0 Å². The SMILES string of the molecule is COCCCCCc1csc2cccc-2c1. The van der Waals surface area contributed by atoms with Gasteiger partial charge in [0.25, 0.3) is 0 Å². The first-order valence-electron chi connectivity index (χ1n) is 5.85. The molecule has 0 radical (unpaired) electrons. The van der Waals surface area contributed by atoms with Gasteiger partial charge in [-0.05, 0) is 47.9 Å². The molecule has 86 valence electrons. The van der Waals surface area contributed by atoms with E-state index < -0.39 is 0 Å². The van der Waals surface area contributed by atoms with Gasteiger partial charge in [-0.3, -0.25) is 0 Å². The molecule has 0 saturated carbocycles. The minimum absolute atomic E-state index is 0.893. The Morgan fingerprint density at radius 2 is 2.12 bits per heavy atom. The van der Waals surface area contributed by atoms with Crippen molar-refractivity contribution in [2.24, 2.45) is 0 Å². The zero-order chi connectivity index (χ0) is 11.2. The van der Waals surface area contributed by atoms with Crippen LogP contribution in [0.4, 0.5) is 0 Å². The fourth-order valence-electron chi connectivity index (χ4n) is 1.90. The van der Waals surface area contributed by atoms with Crippen LogP contribution < -0.4 is 0 Å². The minimum Gasteiger partial charge on any atom is -0.385 e. The summed E-state index contributed by atoms with van der Waals surface area (Å²) in [6, 6.07) is 8.83. The summed E-state index contributed by atoms with van der Waals surface area (Å²) in [5.74, 6) is 0. The molecular formula is C14H18OS.